The lowest BCUT2D eigenvalue weighted by molar-refractivity contribution is -0.130. The van der Waals surface area contributed by atoms with Gasteiger partial charge in [-0.2, -0.15) is 0 Å². The van der Waals surface area contributed by atoms with Crippen molar-refractivity contribution >= 4 is 45.9 Å². The van der Waals surface area contributed by atoms with Crippen LogP contribution in [-0.2, 0) is 4.79 Å². The molecule has 37 heavy (non-hydrogen) atoms. The number of aromatic nitrogens is 3. The number of nitrogens with zero attached hydrogens (tertiary/aromatic N) is 4. The molecule has 0 aliphatic carbocycles. The van der Waals surface area contributed by atoms with Gasteiger partial charge in [-0.25, -0.2) is 4.98 Å². The number of aromatic amines is 1. The molecule has 5 rings (SSSR count). The quantitative estimate of drug-likeness (QED) is 0.308. The maximum absolute atomic E-state index is 13.5. The third-order valence-corrected chi connectivity index (χ3v) is 7.39. The Morgan fingerprint density at radius 3 is 2.51 bits per heavy atom. The number of fused-ring (bicyclic) bond motifs is 1. The Labute approximate surface area is 216 Å². The van der Waals surface area contributed by atoms with Crippen LogP contribution in [0.3, 0.4) is 0 Å². The van der Waals surface area contributed by atoms with Crippen molar-refractivity contribution in [1.29, 1.82) is 0 Å². The maximum Gasteiger partial charge on any atom is 0.295 e. The zero-order chi connectivity index (χ0) is 26.3. The fourth-order valence-electron chi connectivity index (χ4n) is 4.59. The lowest BCUT2D eigenvalue weighted by atomic mass is 10.0. The molecule has 4 aromatic rings. The number of ketones is 1. The Balaban J connectivity index is 1.44. The summed E-state index contributed by atoms with van der Waals surface area (Å²) in [7, 11) is 0. The van der Waals surface area contributed by atoms with Gasteiger partial charge in [0, 0.05) is 54.1 Å². The standard InChI is InChI=1S/C26H24N6O4S/c1-14-13-37-24(29-14)17-8-9-28-20-18(21(23(27)34)30-19(17)20)22(33)26(36)32-11-10-31(12-15(32)2)25(35)16-6-4-3-5-7-16/h3-9,13,15,30H,10-12H2,1-2H3,(H2,27,34)/t15-/m1/s1. The summed E-state index contributed by atoms with van der Waals surface area (Å²) in [5.74, 6) is -2.66. The highest BCUT2D eigenvalue weighted by molar-refractivity contribution is 7.13. The second-order valence-electron chi connectivity index (χ2n) is 8.91. The van der Waals surface area contributed by atoms with Gasteiger partial charge < -0.3 is 20.5 Å². The van der Waals surface area contributed by atoms with Gasteiger partial charge in [0.15, 0.2) is 0 Å². The van der Waals surface area contributed by atoms with Crippen molar-refractivity contribution in [1.82, 2.24) is 24.8 Å². The highest BCUT2D eigenvalue weighted by Crippen LogP contribution is 2.32. The van der Waals surface area contributed by atoms with Crippen LogP contribution in [0.2, 0.25) is 0 Å². The highest BCUT2D eigenvalue weighted by Gasteiger charge is 2.36. The number of nitrogens with two attached hydrogens (primary N) is 1. The van der Waals surface area contributed by atoms with E-state index in [2.05, 4.69) is 15.0 Å². The average molecular weight is 517 g/mol. The number of Topliss-reactive ketones (excluding diaryl/α,β-unsaturated/α-hetero) is 1. The van der Waals surface area contributed by atoms with E-state index in [0.29, 0.717) is 21.7 Å². The molecule has 3 aromatic heterocycles. The summed E-state index contributed by atoms with van der Waals surface area (Å²) in [4.78, 5) is 66.9. The fourth-order valence-corrected chi connectivity index (χ4v) is 5.42. The van der Waals surface area contributed by atoms with Gasteiger partial charge in [0.1, 0.15) is 16.2 Å². The summed E-state index contributed by atoms with van der Waals surface area (Å²) in [6.45, 7) is 4.37. The minimum atomic E-state index is -0.880. The first-order valence-corrected chi connectivity index (χ1v) is 12.6. The van der Waals surface area contributed by atoms with Crippen molar-refractivity contribution in [3.63, 3.8) is 0 Å². The van der Waals surface area contributed by atoms with E-state index in [9.17, 15) is 19.2 Å². The van der Waals surface area contributed by atoms with Crippen LogP contribution in [0.15, 0.2) is 48.0 Å². The fraction of sp³-hybridized carbons (Fsp3) is 0.231. The third kappa shape index (κ3) is 4.38. The van der Waals surface area contributed by atoms with Gasteiger partial charge in [-0.15, -0.1) is 11.3 Å². The maximum atomic E-state index is 13.5. The molecular formula is C26H24N6O4S. The molecular weight excluding hydrogens is 492 g/mol. The Kier molecular flexibility index (Phi) is 6.30. The second kappa shape index (κ2) is 9.58. The molecule has 0 radical (unpaired) electrons. The number of pyridine rings is 1. The summed E-state index contributed by atoms with van der Waals surface area (Å²) < 4.78 is 0. The van der Waals surface area contributed by atoms with E-state index in [-0.39, 0.29) is 42.3 Å². The number of thiazole rings is 1. The Hall–Kier alpha value is -4.38. The van der Waals surface area contributed by atoms with Crippen molar-refractivity contribution < 1.29 is 19.2 Å². The van der Waals surface area contributed by atoms with Crippen LogP contribution >= 0.6 is 11.3 Å². The van der Waals surface area contributed by atoms with Crippen LogP contribution in [-0.4, -0.2) is 73.9 Å². The third-order valence-electron chi connectivity index (χ3n) is 6.40. The number of benzene rings is 1. The average Bonchev–Trinajstić information content (AvgIpc) is 3.51. The molecule has 1 aromatic carbocycles. The van der Waals surface area contributed by atoms with Gasteiger partial charge in [0.25, 0.3) is 23.5 Å². The SMILES string of the molecule is Cc1csc(-c2ccnc3c(C(=O)C(=O)N4CCN(C(=O)c5ccccc5)C[C@H]4C)c(C(N)=O)[nH]c23)n1. The minimum absolute atomic E-state index is 0.132. The Bertz CT molecular complexity index is 1540. The zero-order valence-electron chi connectivity index (χ0n) is 20.2. The van der Waals surface area contributed by atoms with Crippen LogP contribution in [0.5, 0.6) is 0 Å². The lowest BCUT2D eigenvalue weighted by Gasteiger charge is -2.39. The summed E-state index contributed by atoms with van der Waals surface area (Å²) in [6, 6.07) is 10.2. The number of piperazine rings is 1. The first-order chi connectivity index (χ1) is 17.8. The molecule has 1 aliphatic rings. The smallest absolute Gasteiger partial charge is 0.295 e. The minimum Gasteiger partial charge on any atom is -0.364 e. The Morgan fingerprint density at radius 2 is 1.86 bits per heavy atom. The largest absolute Gasteiger partial charge is 0.364 e. The molecule has 4 heterocycles. The topological polar surface area (TPSA) is 142 Å². The molecule has 1 saturated heterocycles. The number of rotatable bonds is 5. The summed E-state index contributed by atoms with van der Waals surface area (Å²) in [5.41, 5.74) is 7.90. The van der Waals surface area contributed by atoms with E-state index in [4.69, 9.17) is 5.73 Å². The molecule has 3 amide bonds. The van der Waals surface area contributed by atoms with Gasteiger partial charge in [0.2, 0.25) is 0 Å². The molecule has 0 saturated carbocycles. The number of carbonyl (C=O) groups is 4. The molecule has 11 heteroatoms. The summed E-state index contributed by atoms with van der Waals surface area (Å²) >= 11 is 1.41. The van der Waals surface area contributed by atoms with E-state index in [1.807, 2.05) is 18.4 Å². The summed E-state index contributed by atoms with van der Waals surface area (Å²) in [5, 5.41) is 2.57. The highest BCUT2D eigenvalue weighted by atomic mass is 32.1. The normalized spacial score (nSPS) is 15.7. The summed E-state index contributed by atoms with van der Waals surface area (Å²) in [6.07, 6.45) is 1.50. The van der Waals surface area contributed by atoms with Crippen molar-refractivity contribution in [3.8, 4) is 10.6 Å². The van der Waals surface area contributed by atoms with E-state index < -0.39 is 23.6 Å². The molecule has 1 atom stereocenters. The monoisotopic (exact) mass is 516 g/mol. The van der Waals surface area contributed by atoms with Crippen molar-refractivity contribution in [2.24, 2.45) is 5.73 Å². The van der Waals surface area contributed by atoms with E-state index in [1.54, 1.807) is 42.2 Å². The second-order valence-corrected chi connectivity index (χ2v) is 9.77. The number of primary amides is 1. The van der Waals surface area contributed by atoms with Gasteiger partial charge in [-0.05, 0) is 32.0 Å². The lowest BCUT2D eigenvalue weighted by Crippen LogP contribution is -2.56. The molecule has 10 nitrogen and oxygen atoms in total. The van der Waals surface area contributed by atoms with Gasteiger partial charge in [0.05, 0.1) is 11.1 Å². The molecule has 0 unspecified atom stereocenters. The number of hydrogen-bond acceptors (Lipinski definition) is 7. The molecule has 0 bridgehead atoms. The zero-order valence-corrected chi connectivity index (χ0v) is 21.0. The molecule has 0 spiro atoms. The van der Waals surface area contributed by atoms with E-state index in [0.717, 1.165) is 5.69 Å². The molecule has 188 valence electrons. The number of aryl methyl sites for hydroxylation is 1. The molecule has 3 N–H and O–H groups in total. The first-order valence-electron chi connectivity index (χ1n) is 11.7. The first kappa shape index (κ1) is 24.3. The number of hydrogen-bond donors (Lipinski definition) is 2. The number of nitrogens with one attached hydrogen (secondary N) is 1. The van der Waals surface area contributed by atoms with E-state index >= 15 is 0 Å². The molecule has 1 fully saturated rings. The predicted octanol–water partition coefficient (Wildman–Crippen LogP) is 2.65. The van der Waals surface area contributed by atoms with Crippen molar-refractivity contribution in [2.45, 2.75) is 19.9 Å². The van der Waals surface area contributed by atoms with Crippen molar-refractivity contribution in [2.75, 3.05) is 19.6 Å². The number of amides is 3. The van der Waals surface area contributed by atoms with Crippen LogP contribution in [0.4, 0.5) is 0 Å². The van der Waals surface area contributed by atoms with Crippen LogP contribution in [0, 0.1) is 6.92 Å². The van der Waals surface area contributed by atoms with Crippen LogP contribution in [0.25, 0.3) is 21.6 Å². The molecule has 1 aliphatic heterocycles. The van der Waals surface area contributed by atoms with Gasteiger partial charge in [-0.3, -0.25) is 24.2 Å². The Morgan fingerprint density at radius 1 is 1.11 bits per heavy atom. The van der Waals surface area contributed by atoms with Crippen LogP contribution < -0.4 is 5.73 Å². The predicted molar refractivity (Wildman–Crippen MR) is 138 cm³/mol. The van der Waals surface area contributed by atoms with Gasteiger partial charge in [-0.1, -0.05) is 18.2 Å². The number of carbonyl (C=O) groups excluding carboxylic acids is 4. The van der Waals surface area contributed by atoms with Crippen LogP contribution in [0.1, 0.15) is 43.8 Å². The van der Waals surface area contributed by atoms with Gasteiger partial charge >= 0.3 is 0 Å². The number of H-pyrrole nitrogens is 1. The van der Waals surface area contributed by atoms with E-state index in [1.165, 1.54) is 22.4 Å². The van der Waals surface area contributed by atoms with Crippen molar-refractivity contribution in [3.05, 3.63) is 70.5 Å².